The van der Waals surface area contributed by atoms with Crippen LogP contribution in [0.4, 0.5) is 0 Å². The van der Waals surface area contributed by atoms with Crippen molar-refractivity contribution < 1.29 is 4.74 Å². The fourth-order valence-electron chi connectivity index (χ4n) is 1.85. The van der Waals surface area contributed by atoms with Crippen LogP contribution in [0.2, 0.25) is 0 Å². The number of ether oxygens (including phenoxy) is 1. The molecule has 1 aliphatic heterocycles. The van der Waals surface area contributed by atoms with E-state index in [0.29, 0.717) is 18.1 Å². The van der Waals surface area contributed by atoms with E-state index in [9.17, 15) is 0 Å². The van der Waals surface area contributed by atoms with E-state index in [2.05, 4.69) is 19.9 Å². The third-order valence-electron chi connectivity index (χ3n) is 3.03. The van der Waals surface area contributed by atoms with Crippen LogP contribution in [0.3, 0.4) is 0 Å². The number of nitriles is 1. The van der Waals surface area contributed by atoms with E-state index in [0.717, 1.165) is 12.0 Å². The number of rotatable bonds is 3. The zero-order valence-corrected chi connectivity index (χ0v) is 9.10. The van der Waals surface area contributed by atoms with Crippen LogP contribution < -0.4 is 0 Å². The lowest BCUT2D eigenvalue weighted by molar-refractivity contribution is 0.362. The predicted molar refractivity (Wildman–Crippen MR) is 58.5 cm³/mol. The molecule has 2 rings (SSSR count). The van der Waals surface area contributed by atoms with Gasteiger partial charge in [-0.05, 0) is 37.0 Å². The number of nitrogens with zero attached hydrogens (tertiary/aromatic N) is 1. The van der Waals surface area contributed by atoms with Crippen molar-refractivity contribution in [3.05, 3.63) is 35.4 Å². The Bertz CT molecular complexity index is 377. The second-order valence-corrected chi connectivity index (χ2v) is 4.25. The molecule has 1 heterocycles. The van der Waals surface area contributed by atoms with Crippen LogP contribution in [0.5, 0.6) is 0 Å². The smallest absolute Gasteiger partial charge is 0.0991 e. The lowest BCUT2D eigenvalue weighted by Gasteiger charge is -2.09. The van der Waals surface area contributed by atoms with Gasteiger partial charge in [-0.15, -0.1) is 0 Å². The first kappa shape index (κ1) is 10.2. The minimum absolute atomic E-state index is 0.436. The van der Waals surface area contributed by atoms with Crippen LogP contribution in [0.15, 0.2) is 24.3 Å². The van der Waals surface area contributed by atoms with Gasteiger partial charge in [0.1, 0.15) is 0 Å². The average Bonchev–Trinajstić information content (AvgIpc) is 2.94. The van der Waals surface area contributed by atoms with Gasteiger partial charge < -0.3 is 4.74 Å². The van der Waals surface area contributed by atoms with Gasteiger partial charge in [-0.3, -0.25) is 0 Å². The van der Waals surface area contributed by atoms with Gasteiger partial charge >= 0.3 is 0 Å². The fourth-order valence-corrected chi connectivity index (χ4v) is 1.85. The van der Waals surface area contributed by atoms with Crippen LogP contribution in [0.1, 0.15) is 37.3 Å². The van der Waals surface area contributed by atoms with Gasteiger partial charge in [0.15, 0.2) is 0 Å². The molecule has 2 heteroatoms. The van der Waals surface area contributed by atoms with E-state index >= 15 is 0 Å². The quantitative estimate of drug-likeness (QED) is 0.705. The molecule has 3 unspecified atom stereocenters. The zero-order valence-electron chi connectivity index (χ0n) is 9.10. The summed E-state index contributed by atoms with van der Waals surface area (Å²) in [4.78, 5) is 0. The van der Waals surface area contributed by atoms with Crippen molar-refractivity contribution in [1.82, 2.24) is 0 Å². The molecular weight excluding hydrogens is 186 g/mol. The molecule has 0 N–H and O–H groups in total. The van der Waals surface area contributed by atoms with E-state index in [4.69, 9.17) is 10.00 Å². The predicted octanol–water partition coefficient (Wildman–Crippen LogP) is 2.84. The molecule has 3 atom stereocenters. The lowest BCUT2D eigenvalue weighted by Crippen LogP contribution is -1.99. The highest BCUT2D eigenvalue weighted by Gasteiger charge is 2.35. The SMILES string of the molecule is CC(CC1OC1C)c1ccc(C#N)cc1. The summed E-state index contributed by atoms with van der Waals surface area (Å²) in [5, 5.41) is 8.69. The molecule has 1 aromatic rings. The van der Waals surface area contributed by atoms with Gasteiger partial charge in [0.25, 0.3) is 0 Å². The van der Waals surface area contributed by atoms with E-state index in [1.165, 1.54) is 5.56 Å². The third-order valence-corrected chi connectivity index (χ3v) is 3.03. The van der Waals surface area contributed by atoms with Gasteiger partial charge in [0, 0.05) is 0 Å². The highest BCUT2D eigenvalue weighted by molar-refractivity contribution is 5.32. The summed E-state index contributed by atoms with van der Waals surface area (Å²) >= 11 is 0. The van der Waals surface area contributed by atoms with E-state index < -0.39 is 0 Å². The Balaban J connectivity index is 1.99. The lowest BCUT2D eigenvalue weighted by atomic mass is 9.95. The molecule has 15 heavy (non-hydrogen) atoms. The van der Waals surface area contributed by atoms with Gasteiger partial charge in [-0.1, -0.05) is 19.1 Å². The van der Waals surface area contributed by atoms with Crippen molar-refractivity contribution in [2.45, 2.75) is 38.4 Å². The molecule has 1 saturated heterocycles. The van der Waals surface area contributed by atoms with E-state index in [1.807, 2.05) is 24.3 Å². The maximum absolute atomic E-state index is 8.69. The van der Waals surface area contributed by atoms with Crippen LogP contribution >= 0.6 is 0 Å². The summed E-state index contributed by atoms with van der Waals surface area (Å²) in [5.41, 5.74) is 2.01. The first-order chi connectivity index (χ1) is 7.20. The first-order valence-corrected chi connectivity index (χ1v) is 5.36. The Kier molecular flexibility index (Phi) is 2.75. The molecule has 0 aliphatic carbocycles. The number of benzene rings is 1. The minimum Gasteiger partial charge on any atom is -0.370 e. The zero-order chi connectivity index (χ0) is 10.8. The monoisotopic (exact) mass is 201 g/mol. The molecule has 0 spiro atoms. The van der Waals surface area contributed by atoms with E-state index in [-0.39, 0.29) is 0 Å². The van der Waals surface area contributed by atoms with E-state index in [1.54, 1.807) is 0 Å². The normalized spacial score (nSPS) is 25.7. The molecular formula is C13H15NO. The maximum Gasteiger partial charge on any atom is 0.0991 e. The van der Waals surface area contributed by atoms with Crippen molar-refractivity contribution in [3.8, 4) is 6.07 Å². The highest BCUT2D eigenvalue weighted by Crippen LogP contribution is 2.32. The van der Waals surface area contributed by atoms with Crippen LogP contribution in [-0.4, -0.2) is 12.2 Å². The molecule has 1 aromatic carbocycles. The molecule has 0 saturated carbocycles. The second kappa shape index (κ2) is 4.04. The highest BCUT2D eigenvalue weighted by atomic mass is 16.6. The molecule has 0 amide bonds. The standard InChI is InChI=1S/C13H15NO/c1-9(7-13-10(2)15-13)12-5-3-11(8-14)4-6-12/h3-6,9-10,13H,7H2,1-2H3. The van der Waals surface area contributed by atoms with Crippen LogP contribution in [-0.2, 0) is 4.74 Å². The van der Waals surface area contributed by atoms with Gasteiger partial charge in [-0.2, -0.15) is 5.26 Å². The van der Waals surface area contributed by atoms with Gasteiger partial charge in [0.05, 0.1) is 23.8 Å². The van der Waals surface area contributed by atoms with Crippen molar-refractivity contribution in [3.63, 3.8) is 0 Å². The number of hydrogen-bond donors (Lipinski definition) is 0. The largest absolute Gasteiger partial charge is 0.370 e. The Morgan fingerprint density at radius 2 is 2.00 bits per heavy atom. The maximum atomic E-state index is 8.69. The molecule has 0 bridgehead atoms. The molecule has 0 aromatic heterocycles. The third kappa shape index (κ3) is 2.37. The number of hydrogen-bond acceptors (Lipinski definition) is 2. The Morgan fingerprint density at radius 1 is 1.40 bits per heavy atom. The number of epoxide rings is 1. The van der Waals surface area contributed by atoms with Crippen LogP contribution in [0.25, 0.3) is 0 Å². The summed E-state index contributed by atoms with van der Waals surface area (Å²) in [5.74, 6) is 0.507. The molecule has 1 aliphatic rings. The summed E-state index contributed by atoms with van der Waals surface area (Å²) in [6.45, 7) is 4.31. The Labute approximate surface area is 90.5 Å². The Morgan fingerprint density at radius 3 is 2.47 bits per heavy atom. The first-order valence-electron chi connectivity index (χ1n) is 5.36. The molecule has 2 nitrogen and oxygen atoms in total. The second-order valence-electron chi connectivity index (χ2n) is 4.25. The molecule has 78 valence electrons. The van der Waals surface area contributed by atoms with Crippen molar-refractivity contribution in [2.75, 3.05) is 0 Å². The van der Waals surface area contributed by atoms with Crippen molar-refractivity contribution in [1.29, 1.82) is 5.26 Å². The Hall–Kier alpha value is -1.33. The average molecular weight is 201 g/mol. The minimum atomic E-state index is 0.436. The van der Waals surface area contributed by atoms with Crippen molar-refractivity contribution in [2.24, 2.45) is 0 Å². The summed E-state index contributed by atoms with van der Waals surface area (Å²) in [6.07, 6.45) is 1.95. The summed E-state index contributed by atoms with van der Waals surface area (Å²) in [6, 6.07) is 9.96. The summed E-state index contributed by atoms with van der Waals surface area (Å²) in [7, 11) is 0. The van der Waals surface area contributed by atoms with Gasteiger partial charge in [0.2, 0.25) is 0 Å². The molecule has 0 radical (unpaired) electrons. The van der Waals surface area contributed by atoms with Crippen LogP contribution in [0, 0.1) is 11.3 Å². The van der Waals surface area contributed by atoms with Crippen molar-refractivity contribution >= 4 is 0 Å². The summed E-state index contributed by atoms with van der Waals surface area (Å²) < 4.78 is 5.40. The van der Waals surface area contributed by atoms with Gasteiger partial charge in [-0.25, -0.2) is 0 Å². The molecule has 1 fully saturated rings. The topological polar surface area (TPSA) is 36.3 Å². The fraction of sp³-hybridized carbons (Fsp3) is 0.462.